The lowest BCUT2D eigenvalue weighted by Gasteiger charge is -2.07. The largest absolute Gasteiger partial charge is 0.489 e. The summed E-state index contributed by atoms with van der Waals surface area (Å²) >= 11 is 11.7. The molecular weight excluding hydrogens is 257 g/mol. The van der Waals surface area contributed by atoms with Crippen LogP contribution in [0.15, 0.2) is 42.5 Å². The van der Waals surface area contributed by atoms with Gasteiger partial charge in [0.05, 0.1) is 10.0 Å². The van der Waals surface area contributed by atoms with E-state index in [0.717, 1.165) is 11.3 Å². The Bertz CT molecular complexity index is 529. The molecule has 2 nitrogen and oxygen atoms in total. The molecule has 2 rings (SSSR count). The summed E-state index contributed by atoms with van der Waals surface area (Å²) in [5.41, 5.74) is 7.29. The SMILES string of the molecule is Nc1cccc(OCc2ccc(Cl)c(Cl)c2)c1. The third kappa shape index (κ3) is 3.29. The van der Waals surface area contributed by atoms with Gasteiger partial charge in [0.1, 0.15) is 12.4 Å². The predicted octanol–water partition coefficient (Wildman–Crippen LogP) is 4.15. The normalized spacial score (nSPS) is 10.2. The molecule has 88 valence electrons. The second-order valence-corrected chi connectivity index (χ2v) is 4.42. The van der Waals surface area contributed by atoms with Crippen LogP contribution < -0.4 is 10.5 Å². The molecule has 17 heavy (non-hydrogen) atoms. The lowest BCUT2D eigenvalue weighted by molar-refractivity contribution is 0.306. The number of hydrogen-bond acceptors (Lipinski definition) is 2. The van der Waals surface area contributed by atoms with Gasteiger partial charge in [0.2, 0.25) is 0 Å². The first-order valence-corrected chi connectivity index (χ1v) is 5.83. The van der Waals surface area contributed by atoms with Crippen molar-refractivity contribution in [2.75, 3.05) is 5.73 Å². The van der Waals surface area contributed by atoms with Gasteiger partial charge in [0.15, 0.2) is 0 Å². The zero-order valence-electron chi connectivity index (χ0n) is 8.99. The van der Waals surface area contributed by atoms with E-state index in [0.29, 0.717) is 22.3 Å². The molecule has 4 heteroatoms. The van der Waals surface area contributed by atoms with Gasteiger partial charge in [-0.3, -0.25) is 0 Å². The average Bonchev–Trinajstić information content (AvgIpc) is 2.31. The molecule has 2 N–H and O–H groups in total. The van der Waals surface area contributed by atoms with Crippen LogP contribution in [-0.4, -0.2) is 0 Å². The first-order chi connectivity index (χ1) is 8.15. The minimum atomic E-state index is 0.431. The van der Waals surface area contributed by atoms with Gasteiger partial charge >= 0.3 is 0 Å². The van der Waals surface area contributed by atoms with Crippen LogP contribution in [0.4, 0.5) is 5.69 Å². The number of ether oxygens (including phenoxy) is 1. The smallest absolute Gasteiger partial charge is 0.121 e. The van der Waals surface area contributed by atoms with Crippen LogP contribution in [0.2, 0.25) is 10.0 Å². The Hall–Kier alpha value is -1.38. The number of benzene rings is 2. The van der Waals surface area contributed by atoms with Gasteiger partial charge in [-0.2, -0.15) is 0 Å². The topological polar surface area (TPSA) is 35.2 Å². The van der Waals surface area contributed by atoms with Crippen molar-refractivity contribution in [2.24, 2.45) is 0 Å². The van der Waals surface area contributed by atoms with Crippen LogP contribution in [0.25, 0.3) is 0 Å². The number of hydrogen-bond donors (Lipinski definition) is 1. The Morgan fingerprint density at radius 1 is 1.00 bits per heavy atom. The highest BCUT2D eigenvalue weighted by Crippen LogP contribution is 2.23. The number of anilines is 1. The fourth-order valence-electron chi connectivity index (χ4n) is 1.40. The monoisotopic (exact) mass is 267 g/mol. The minimum Gasteiger partial charge on any atom is -0.489 e. The van der Waals surface area contributed by atoms with Gasteiger partial charge in [-0.1, -0.05) is 35.3 Å². The Kier molecular flexibility index (Phi) is 3.77. The van der Waals surface area contributed by atoms with Gasteiger partial charge in [-0.15, -0.1) is 0 Å². The molecule has 0 fully saturated rings. The summed E-state index contributed by atoms with van der Waals surface area (Å²) < 4.78 is 5.59. The maximum atomic E-state index is 5.91. The molecule has 0 aliphatic rings. The summed E-state index contributed by atoms with van der Waals surface area (Å²) in [6.45, 7) is 0.431. The van der Waals surface area contributed by atoms with E-state index in [1.165, 1.54) is 0 Å². The molecular formula is C13H11Cl2NO. The maximum Gasteiger partial charge on any atom is 0.121 e. The Balaban J connectivity index is 2.05. The third-order valence-electron chi connectivity index (χ3n) is 2.25. The summed E-state index contributed by atoms with van der Waals surface area (Å²) in [6.07, 6.45) is 0. The Morgan fingerprint density at radius 2 is 1.82 bits per heavy atom. The summed E-state index contributed by atoms with van der Waals surface area (Å²) in [5.74, 6) is 0.732. The van der Waals surface area contributed by atoms with Crippen molar-refractivity contribution >= 4 is 28.9 Å². The van der Waals surface area contributed by atoms with E-state index in [1.807, 2.05) is 24.3 Å². The lowest BCUT2D eigenvalue weighted by atomic mass is 10.2. The number of halogens is 2. The molecule has 0 unspecified atom stereocenters. The highest BCUT2D eigenvalue weighted by atomic mass is 35.5. The van der Waals surface area contributed by atoms with Gasteiger partial charge in [0.25, 0.3) is 0 Å². The highest BCUT2D eigenvalue weighted by molar-refractivity contribution is 6.42. The van der Waals surface area contributed by atoms with Crippen molar-refractivity contribution in [3.05, 3.63) is 58.1 Å². The van der Waals surface area contributed by atoms with Crippen LogP contribution in [0.3, 0.4) is 0 Å². The Labute approximate surface area is 110 Å². The second kappa shape index (κ2) is 5.30. The second-order valence-electron chi connectivity index (χ2n) is 3.61. The molecule has 0 aliphatic carbocycles. The van der Waals surface area contributed by atoms with E-state index in [1.54, 1.807) is 18.2 Å². The lowest BCUT2D eigenvalue weighted by Crippen LogP contribution is -1.96. The first kappa shape index (κ1) is 12.1. The maximum absolute atomic E-state index is 5.91. The van der Waals surface area contributed by atoms with Crippen molar-refractivity contribution in [1.82, 2.24) is 0 Å². The molecule has 0 radical (unpaired) electrons. The molecule has 0 aliphatic heterocycles. The van der Waals surface area contributed by atoms with Gasteiger partial charge in [-0.05, 0) is 29.8 Å². The first-order valence-electron chi connectivity index (χ1n) is 5.07. The van der Waals surface area contributed by atoms with Gasteiger partial charge in [-0.25, -0.2) is 0 Å². The molecule has 0 bridgehead atoms. The molecule has 0 saturated heterocycles. The molecule has 2 aromatic carbocycles. The van der Waals surface area contributed by atoms with E-state index in [4.69, 9.17) is 33.7 Å². The number of nitrogen functional groups attached to an aromatic ring is 1. The van der Waals surface area contributed by atoms with E-state index in [-0.39, 0.29) is 0 Å². The number of nitrogens with two attached hydrogens (primary N) is 1. The van der Waals surface area contributed by atoms with Crippen LogP contribution in [-0.2, 0) is 6.61 Å². The van der Waals surface area contributed by atoms with Crippen LogP contribution in [0.1, 0.15) is 5.56 Å². The van der Waals surface area contributed by atoms with Gasteiger partial charge in [0, 0.05) is 11.8 Å². The summed E-state index contributed by atoms with van der Waals surface area (Å²) in [6, 6.07) is 12.7. The minimum absolute atomic E-state index is 0.431. The molecule has 0 spiro atoms. The zero-order chi connectivity index (χ0) is 12.3. The molecule has 0 aromatic heterocycles. The van der Waals surface area contributed by atoms with Crippen LogP contribution in [0, 0.1) is 0 Å². The third-order valence-corrected chi connectivity index (χ3v) is 2.99. The van der Waals surface area contributed by atoms with Crippen LogP contribution >= 0.6 is 23.2 Å². The quantitative estimate of drug-likeness (QED) is 0.848. The highest BCUT2D eigenvalue weighted by Gasteiger charge is 2.00. The zero-order valence-corrected chi connectivity index (χ0v) is 10.5. The fraction of sp³-hybridized carbons (Fsp3) is 0.0769. The van der Waals surface area contributed by atoms with E-state index in [9.17, 15) is 0 Å². The molecule has 0 amide bonds. The molecule has 0 atom stereocenters. The van der Waals surface area contributed by atoms with E-state index >= 15 is 0 Å². The van der Waals surface area contributed by atoms with E-state index < -0.39 is 0 Å². The standard InChI is InChI=1S/C13H11Cl2NO/c14-12-5-4-9(6-13(12)15)8-17-11-3-1-2-10(16)7-11/h1-7H,8,16H2. The molecule has 0 heterocycles. The van der Waals surface area contributed by atoms with E-state index in [2.05, 4.69) is 0 Å². The number of rotatable bonds is 3. The average molecular weight is 268 g/mol. The van der Waals surface area contributed by atoms with Crippen molar-refractivity contribution in [3.8, 4) is 5.75 Å². The van der Waals surface area contributed by atoms with Crippen molar-refractivity contribution in [1.29, 1.82) is 0 Å². The van der Waals surface area contributed by atoms with Crippen molar-refractivity contribution < 1.29 is 4.74 Å². The van der Waals surface area contributed by atoms with Crippen LogP contribution in [0.5, 0.6) is 5.75 Å². The van der Waals surface area contributed by atoms with Crippen molar-refractivity contribution in [2.45, 2.75) is 6.61 Å². The fourth-order valence-corrected chi connectivity index (χ4v) is 1.72. The Morgan fingerprint density at radius 3 is 2.53 bits per heavy atom. The summed E-state index contributed by atoms with van der Waals surface area (Å²) in [7, 11) is 0. The van der Waals surface area contributed by atoms with Gasteiger partial charge < -0.3 is 10.5 Å². The van der Waals surface area contributed by atoms with Crippen molar-refractivity contribution in [3.63, 3.8) is 0 Å². The summed E-state index contributed by atoms with van der Waals surface area (Å²) in [5, 5.41) is 1.07. The predicted molar refractivity (Wildman–Crippen MR) is 71.6 cm³/mol. The molecule has 0 saturated carbocycles. The molecule has 2 aromatic rings. The summed E-state index contributed by atoms with van der Waals surface area (Å²) in [4.78, 5) is 0.